The highest BCUT2D eigenvalue weighted by Gasteiger charge is 2.08. The lowest BCUT2D eigenvalue weighted by Crippen LogP contribution is -2.23. The number of carbonyl (C=O) groups is 1. The second-order valence-electron chi connectivity index (χ2n) is 5.57. The quantitative estimate of drug-likeness (QED) is 0.747. The number of hydrogen-bond acceptors (Lipinski definition) is 4. The van der Waals surface area contributed by atoms with Crippen molar-refractivity contribution in [2.45, 2.75) is 13.5 Å². The Morgan fingerprint density at radius 2 is 1.72 bits per heavy atom. The van der Waals surface area contributed by atoms with Crippen LogP contribution in [0.25, 0.3) is 0 Å². The fourth-order valence-electron chi connectivity index (χ4n) is 2.18. The Labute approximate surface area is 145 Å². The average Bonchev–Trinajstić information content (AvgIpc) is 2.63. The van der Waals surface area contributed by atoms with E-state index in [4.69, 9.17) is 0 Å². The molecule has 0 aliphatic rings. The van der Waals surface area contributed by atoms with Gasteiger partial charge in [0, 0.05) is 18.9 Å². The molecule has 0 spiro atoms. The van der Waals surface area contributed by atoms with Crippen LogP contribution in [0.5, 0.6) is 0 Å². The number of aromatic nitrogens is 2. The maximum atomic E-state index is 13.6. The van der Waals surface area contributed by atoms with Gasteiger partial charge < -0.3 is 10.6 Å². The molecule has 0 atom stereocenters. The molecule has 25 heavy (non-hydrogen) atoms. The summed E-state index contributed by atoms with van der Waals surface area (Å²) in [7, 11) is 0. The van der Waals surface area contributed by atoms with Crippen LogP contribution in [0.2, 0.25) is 0 Å². The predicted molar refractivity (Wildman–Crippen MR) is 94.1 cm³/mol. The minimum absolute atomic E-state index is 0.222. The fourth-order valence-corrected chi connectivity index (χ4v) is 2.18. The van der Waals surface area contributed by atoms with Crippen LogP contribution in [0.15, 0.2) is 60.9 Å². The van der Waals surface area contributed by atoms with Gasteiger partial charge in [-0.25, -0.2) is 14.4 Å². The molecule has 0 saturated heterocycles. The minimum Gasteiger partial charge on any atom is -0.348 e. The van der Waals surface area contributed by atoms with Gasteiger partial charge in [0.2, 0.25) is 5.95 Å². The van der Waals surface area contributed by atoms with Crippen molar-refractivity contribution in [3.05, 3.63) is 83.4 Å². The molecule has 3 aromatic rings. The van der Waals surface area contributed by atoms with E-state index in [0.29, 0.717) is 12.1 Å². The number of nitrogens with one attached hydrogen (secondary N) is 2. The van der Waals surface area contributed by atoms with E-state index in [2.05, 4.69) is 20.6 Å². The van der Waals surface area contributed by atoms with E-state index in [1.165, 1.54) is 24.0 Å². The summed E-state index contributed by atoms with van der Waals surface area (Å²) in [5.41, 5.74) is 2.80. The Balaban J connectivity index is 1.60. The van der Waals surface area contributed by atoms with E-state index in [0.717, 1.165) is 5.56 Å². The van der Waals surface area contributed by atoms with Gasteiger partial charge >= 0.3 is 0 Å². The van der Waals surface area contributed by atoms with Gasteiger partial charge in [-0.05, 0) is 24.6 Å². The van der Waals surface area contributed by atoms with Gasteiger partial charge in [0.15, 0.2) is 0 Å². The Morgan fingerprint density at radius 3 is 2.40 bits per heavy atom. The van der Waals surface area contributed by atoms with Gasteiger partial charge in [0.05, 0.1) is 11.3 Å². The van der Waals surface area contributed by atoms with Crippen molar-refractivity contribution < 1.29 is 9.18 Å². The molecule has 0 radical (unpaired) electrons. The van der Waals surface area contributed by atoms with Crippen LogP contribution in [0.4, 0.5) is 16.0 Å². The van der Waals surface area contributed by atoms with E-state index >= 15 is 0 Å². The number of carbonyl (C=O) groups excluding carboxylic acids is 1. The number of hydrogen-bond donors (Lipinski definition) is 2. The van der Waals surface area contributed by atoms with Gasteiger partial charge in [-0.15, -0.1) is 0 Å². The van der Waals surface area contributed by atoms with Crippen LogP contribution in [0, 0.1) is 12.7 Å². The summed E-state index contributed by atoms with van der Waals surface area (Å²) in [5, 5.41) is 5.59. The number of para-hydroxylation sites is 1. The molecule has 2 N–H and O–H groups in total. The number of nitrogens with zero attached hydrogens (tertiary/aromatic N) is 2. The molecule has 0 unspecified atom stereocenters. The normalized spacial score (nSPS) is 10.3. The second kappa shape index (κ2) is 7.53. The van der Waals surface area contributed by atoms with Gasteiger partial charge in [-0.1, -0.05) is 42.0 Å². The van der Waals surface area contributed by atoms with Crippen molar-refractivity contribution in [1.29, 1.82) is 0 Å². The maximum Gasteiger partial charge on any atom is 0.254 e. The van der Waals surface area contributed by atoms with Crippen LogP contribution >= 0.6 is 0 Å². The van der Waals surface area contributed by atoms with Crippen LogP contribution in [-0.2, 0) is 6.54 Å². The molecular formula is C19H17FN4O. The molecule has 3 rings (SSSR count). The number of halogens is 1. The van der Waals surface area contributed by atoms with Crippen molar-refractivity contribution in [2.24, 2.45) is 0 Å². The van der Waals surface area contributed by atoms with E-state index < -0.39 is 5.82 Å². The number of rotatable bonds is 5. The number of aryl methyl sites for hydroxylation is 1. The topological polar surface area (TPSA) is 66.9 Å². The van der Waals surface area contributed by atoms with Crippen molar-refractivity contribution in [3.63, 3.8) is 0 Å². The summed E-state index contributed by atoms with van der Waals surface area (Å²) in [6.45, 7) is 2.44. The van der Waals surface area contributed by atoms with Crippen LogP contribution in [-0.4, -0.2) is 15.9 Å². The first-order valence-electron chi connectivity index (χ1n) is 7.79. The third kappa shape index (κ3) is 4.38. The molecule has 1 heterocycles. The van der Waals surface area contributed by atoms with Crippen LogP contribution in [0.3, 0.4) is 0 Å². The molecule has 126 valence electrons. The lowest BCUT2D eigenvalue weighted by Gasteiger charge is -2.07. The van der Waals surface area contributed by atoms with E-state index in [9.17, 15) is 9.18 Å². The van der Waals surface area contributed by atoms with Gasteiger partial charge in [-0.2, -0.15) is 0 Å². The van der Waals surface area contributed by atoms with Gasteiger partial charge in [0.1, 0.15) is 5.82 Å². The van der Waals surface area contributed by atoms with E-state index in [-0.39, 0.29) is 17.5 Å². The van der Waals surface area contributed by atoms with Crippen molar-refractivity contribution in [2.75, 3.05) is 5.32 Å². The second-order valence-corrected chi connectivity index (χ2v) is 5.57. The molecule has 0 aliphatic heterocycles. The minimum atomic E-state index is -0.397. The molecule has 6 heteroatoms. The zero-order valence-electron chi connectivity index (χ0n) is 13.7. The summed E-state index contributed by atoms with van der Waals surface area (Å²) in [4.78, 5) is 20.2. The third-order valence-corrected chi connectivity index (χ3v) is 3.61. The molecule has 0 bridgehead atoms. The molecule has 0 saturated carbocycles. The average molecular weight is 336 g/mol. The highest BCUT2D eigenvalue weighted by Crippen LogP contribution is 2.16. The summed E-state index contributed by atoms with van der Waals surface area (Å²) < 4.78 is 13.6. The summed E-state index contributed by atoms with van der Waals surface area (Å²) >= 11 is 0. The van der Waals surface area contributed by atoms with E-state index in [1.54, 1.807) is 18.2 Å². The first kappa shape index (κ1) is 16.6. The van der Waals surface area contributed by atoms with Gasteiger partial charge in [-0.3, -0.25) is 4.79 Å². The molecule has 2 aromatic carbocycles. The summed E-state index contributed by atoms with van der Waals surface area (Å²) in [6.07, 6.45) is 2.81. The Morgan fingerprint density at radius 1 is 1.04 bits per heavy atom. The molecule has 1 aromatic heterocycles. The van der Waals surface area contributed by atoms with Crippen molar-refractivity contribution >= 4 is 17.5 Å². The monoisotopic (exact) mass is 336 g/mol. The number of amides is 1. The van der Waals surface area contributed by atoms with Crippen molar-refractivity contribution in [3.8, 4) is 0 Å². The third-order valence-electron chi connectivity index (χ3n) is 3.61. The predicted octanol–water partition coefficient (Wildman–Crippen LogP) is 3.60. The standard InChI is InChI=1S/C19H17FN4O/c1-13-6-8-14(9-7-13)10-21-18(25)15-11-22-19(23-12-15)24-17-5-3-2-4-16(17)20/h2-9,11-12H,10H2,1H3,(H,21,25)(H,22,23,24). The highest BCUT2D eigenvalue weighted by atomic mass is 19.1. The van der Waals surface area contributed by atoms with E-state index in [1.807, 2.05) is 31.2 Å². The van der Waals surface area contributed by atoms with Gasteiger partial charge in [0.25, 0.3) is 5.91 Å². The SMILES string of the molecule is Cc1ccc(CNC(=O)c2cnc(Nc3ccccc3F)nc2)cc1. The van der Waals surface area contributed by atoms with Crippen LogP contribution in [0.1, 0.15) is 21.5 Å². The maximum absolute atomic E-state index is 13.6. The number of anilines is 2. The molecular weight excluding hydrogens is 319 g/mol. The fraction of sp³-hybridized carbons (Fsp3) is 0.105. The molecule has 5 nitrogen and oxygen atoms in total. The largest absolute Gasteiger partial charge is 0.348 e. The Hall–Kier alpha value is -3.28. The lowest BCUT2D eigenvalue weighted by molar-refractivity contribution is 0.0950. The molecule has 0 fully saturated rings. The highest BCUT2D eigenvalue weighted by molar-refractivity contribution is 5.93. The summed E-state index contributed by atoms with van der Waals surface area (Å²) in [5.74, 6) is -0.441. The van der Waals surface area contributed by atoms with Crippen molar-refractivity contribution in [1.82, 2.24) is 15.3 Å². The molecule has 1 amide bonds. The zero-order chi connectivity index (χ0) is 17.6. The zero-order valence-corrected chi connectivity index (χ0v) is 13.7. The number of benzene rings is 2. The first-order chi connectivity index (χ1) is 12.1. The van der Waals surface area contributed by atoms with Crippen LogP contribution < -0.4 is 10.6 Å². The Kier molecular flexibility index (Phi) is 4.99. The smallest absolute Gasteiger partial charge is 0.254 e. The Bertz CT molecular complexity index is 863. The molecule has 0 aliphatic carbocycles. The first-order valence-corrected chi connectivity index (χ1v) is 7.79. The lowest BCUT2D eigenvalue weighted by atomic mass is 10.1. The summed E-state index contributed by atoms with van der Waals surface area (Å²) in [6, 6.07) is 14.2.